The maximum Gasteiger partial charge on any atom is 0.225 e. The minimum atomic E-state index is -0.349. The van der Waals surface area contributed by atoms with Gasteiger partial charge in [-0.2, -0.15) is 4.98 Å². The van der Waals surface area contributed by atoms with Gasteiger partial charge in [-0.05, 0) is 43.2 Å². The second kappa shape index (κ2) is 8.65. The largest absolute Gasteiger partial charge is 0.351 e. The number of benzene rings is 1. The summed E-state index contributed by atoms with van der Waals surface area (Å²) in [5.41, 5.74) is 1.99. The smallest absolute Gasteiger partial charge is 0.225 e. The van der Waals surface area contributed by atoms with Gasteiger partial charge in [-0.25, -0.2) is 9.37 Å². The van der Waals surface area contributed by atoms with E-state index in [-0.39, 0.29) is 5.82 Å². The maximum atomic E-state index is 14.3. The van der Waals surface area contributed by atoms with Gasteiger partial charge in [0.05, 0.1) is 11.4 Å². The summed E-state index contributed by atoms with van der Waals surface area (Å²) in [5.74, 6) is 0.736. The zero-order valence-electron chi connectivity index (χ0n) is 15.3. The molecule has 3 aromatic rings. The van der Waals surface area contributed by atoms with Crippen LogP contribution < -0.4 is 10.6 Å². The minimum Gasteiger partial charge on any atom is -0.351 e. The highest BCUT2D eigenvalue weighted by Gasteiger charge is 2.16. The van der Waals surface area contributed by atoms with Crippen molar-refractivity contribution in [3.8, 4) is 11.3 Å². The molecule has 2 heterocycles. The van der Waals surface area contributed by atoms with Gasteiger partial charge in [0.1, 0.15) is 11.6 Å². The van der Waals surface area contributed by atoms with E-state index < -0.39 is 0 Å². The first kappa shape index (κ1) is 18.8. The number of rotatable bonds is 5. The van der Waals surface area contributed by atoms with Crippen LogP contribution in [0.5, 0.6) is 0 Å². The van der Waals surface area contributed by atoms with Crippen LogP contribution in [0.3, 0.4) is 0 Å². The number of hydrogen-bond acceptors (Lipinski definition) is 5. The Kier molecular flexibility index (Phi) is 5.81. The molecule has 0 amide bonds. The van der Waals surface area contributed by atoms with E-state index in [0.29, 0.717) is 28.0 Å². The summed E-state index contributed by atoms with van der Waals surface area (Å²) in [6.45, 7) is 0. The first-order valence-corrected chi connectivity index (χ1v) is 10.2. The van der Waals surface area contributed by atoms with Crippen molar-refractivity contribution in [2.45, 2.75) is 38.1 Å². The van der Waals surface area contributed by atoms with Crippen molar-refractivity contribution in [1.82, 2.24) is 15.0 Å². The third kappa shape index (κ3) is 4.65. The van der Waals surface area contributed by atoms with E-state index in [2.05, 4.69) is 41.5 Å². The first-order chi connectivity index (χ1) is 13.7. The molecule has 4 rings (SSSR count). The maximum absolute atomic E-state index is 14.3. The van der Waals surface area contributed by atoms with Crippen LogP contribution in [0.4, 0.5) is 21.8 Å². The third-order valence-corrected chi connectivity index (χ3v) is 5.31. The summed E-state index contributed by atoms with van der Waals surface area (Å²) in [4.78, 5) is 13.4. The Morgan fingerprint density at radius 1 is 1.04 bits per heavy atom. The molecule has 5 nitrogen and oxygen atoms in total. The Labute approximate surface area is 172 Å². The van der Waals surface area contributed by atoms with E-state index >= 15 is 0 Å². The van der Waals surface area contributed by atoms with Crippen LogP contribution in [-0.4, -0.2) is 21.0 Å². The fourth-order valence-electron chi connectivity index (χ4n) is 3.40. The van der Waals surface area contributed by atoms with Crippen LogP contribution in [0, 0.1) is 5.82 Å². The van der Waals surface area contributed by atoms with Gasteiger partial charge in [0.2, 0.25) is 5.95 Å². The molecule has 1 aromatic carbocycles. The predicted molar refractivity (Wildman–Crippen MR) is 113 cm³/mol. The van der Waals surface area contributed by atoms with Crippen molar-refractivity contribution in [3.63, 3.8) is 0 Å². The molecule has 2 aromatic heterocycles. The number of nitrogens with one attached hydrogen (secondary N) is 2. The highest BCUT2D eigenvalue weighted by atomic mass is 79.9. The molecule has 1 fully saturated rings. The normalized spacial score (nSPS) is 14.6. The van der Waals surface area contributed by atoms with Gasteiger partial charge in [0.15, 0.2) is 0 Å². The molecular formula is C21H21BrFN5. The Hall–Kier alpha value is -2.54. The third-order valence-electron chi connectivity index (χ3n) is 4.82. The minimum absolute atomic E-state index is 0.349. The summed E-state index contributed by atoms with van der Waals surface area (Å²) in [6.07, 6.45) is 9.43. The van der Waals surface area contributed by atoms with Gasteiger partial charge < -0.3 is 10.6 Å². The molecule has 0 saturated heterocycles. The standard InChI is InChI=1S/C21H21BrFN5/c22-15-8-9-18(17(23)11-15)26-20-12-19(14-5-4-10-24-13-14)27-21(28-20)25-16-6-2-1-3-7-16/h4-5,8-13,16H,1-3,6-7H2,(H2,25,26,27,28). The van der Waals surface area contributed by atoms with E-state index in [1.54, 1.807) is 24.5 Å². The fourth-order valence-corrected chi connectivity index (χ4v) is 3.73. The molecular weight excluding hydrogens is 421 g/mol. The van der Waals surface area contributed by atoms with Crippen molar-refractivity contribution in [2.75, 3.05) is 10.6 Å². The Morgan fingerprint density at radius 3 is 2.64 bits per heavy atom. The van der Waals surface area contributed by atoms with Crippen LogP contribution >= 0.6 is 15.9 Å². The van der Waals surface area contributed by atoms with Crippen LogP contribution in [0.2, 0.25) is 0 Å². The average molecular weight is 442 g/mol. The number of hydrogen-bond donors (Lipinski definition) is 2. The lowest BCUT2D eigenvalue weighted by molar-refractivity contribution is 0.461. The topological polar surface area (TPSA) is 62.7 Å². The Bertz CT molecular complexity index is 945. The highest BCUT2D eigenvalue weighted by molar-refractivity contribution is 9.10. The van der Waals surface area contributed by atoms with Crippen molar-refractivity contribution in [1.29, 1.82) is 0 Å². The van der Waals surface area contributed by atoms with E-state index in [1.807, 2.05) is 18.2 Å². The molecule has 0 atom stereocenters. The predicted octanol–water partition coefficient (Wildman–Crippen LogP) is 5.93. The van der Waals surface area contributed by atoms with E-state index in [4.69, 9.17) is 0 Å². The van der Waals surface area contributed by atoms with Crippen LogP contribution in [0.1, 0.15) is 32.1 Å². The summed E-state index contributed by atoms with van der Waals surface area (Å²) in [5, 5.41) is 6.54. The molecule has 0 bridgehead atoms. The second-order valence-corrected chi connectivity index (χ2v) is 7.85. The molecule has 1 aliphatic carbocycles. The molecule has 0 spiro atoms. The lowest BCUT2D eigenvalue weighted by atomic mass is 9.96. The fraction of sp³-hybridized carbons (Fsp3) is 0.286. The molecule has 2 N–H and O–H groups in total. The second-order valence-electron chi connectivity index (χ2n) is 6.93. The Balaban J connectivity index is 1.66. The van der Waals surface area contributed by atoms with Crippen molar-refractivity contribution < 1.29 is 4.39 Å². The van der Waals surface area contributed by atoms with Gasteiger partial charge in [-0.15, -0.1) is 0 Å². The van der Waals surface area contributed by atoms with Crippen LogP contribution in [-0.2, 0) is 0 Å². The number of nitrogens with zero attached hydrogens (tertiary/aromatic N) is 3. The van der Waals surface area contributed by atoms with Gasteiger partial charge >= 0.3 is 0 Å². The molecule has 7 heteroatoms. The van der Waals surface area contributed by atoms with Crippen molar-refractivity contribution >= 4 is 33.4 Å². The summed E-state index contributed by atoms with van der Waals surface area (Å²) < 4.78 is 15.0. The molecule has 1 aliphatic rings. The molecule has 28 heavy (non-hydrogen) atoms. The molecule has 0 unspecified atom stereocenters. The van der Waals surface area contributed by atoms with E-state index in [9.17, 15) is 4.39 Å². The van der Waals surface area contributed by atoms with Gasteiger partial charge in [0, 0.05) is 34.5 Å². The number of halogens is 2. The SMILES string of the molecule is Fc1cc(Br)ccc1Nc1cc(-c2cccnc2)nc(NC2CCCCC2)n1. The van der Waals surface area contributed by atoms with Crippen LogP contribution in [0.15, 0.2) is 53.3 Å². The number of aromatic nitrogens is 3. The number of pyridine rings is 1. The molecule has 1 saturated carbocycles. The monoisotopic (exact) mass is 441 g/mol. The zero-order chi connectivity index (χ0) is 19.3. The molecule has 0 aliphatic heterocycles. The number of anilines is 3. The van der Waals surface area contributed by atoms with Gasteiger partial charge in [0.25, 0.3) is 0 Å². The van der Waals surface area contributed by atoms with Crippen LogP contribution in [0.25, 0.3) is 11.3 Å². The van der Waals surface area contributed by atoms with Crippen molar-refractivity contribution in [2.24, 2.45) is 0 Å². The van der Waals surface area contributed by atoms with Gasteiger partial charge in [-0.1, -0.05) is 35.2 Å². The lowest BCUT2D eigenvalue weighted by Crippen LogP contribution is -2.23. The summed E-state index contributed by atoms with van der Waals surface area (Å²) in [7, 11) is 0. The van der Waals surface area contributed by atoms with Crippen molar-refractivity contribution in [3.05, 3.63) is 59.1 Å². The molecule has 0 radical (unpaired) electrons. The van der Waals surface area contributed by atoms with Gasteiger partial charge in [-0.3, -0.25) is 4.98 Å². The summed E-state index contributed by atoms with van der Waals surface area (Å²) in [6, 6.07) is 10.9. The molecule has 144 valence electrons. The summed E-state index contributed by atoms with van der Waals surface area (Å²) >= 11 is 3.28. The average Bonchev–Trinajstić information content (AvgIpc) is 2.71. The quantitative estimate of drug-likeness (QED) is 0.513. The lowest BCUT2D eigenvalue weighted by Gasteiger charge is -2.23. The van der Waals surface area contributed by atoms with E-state index in [1.165, 1.54) is 25.3 Å². The zero-order valence-corrected chi connectivity index (χ0v) is 16.9. The van der Waals surface area contributed by atoms with E-state index in [0.717, 1.165) is 24.1 Å². The Morgan fingerprint density at radius 2 is 1.89 bits per heavy atom. The first-order valence-electron chi connectivity index (χ1n) is 9.45. The highest BCUT2D eigenvalue weighted by Crippen LogP contribution is 2.27.